The number of hydrazone groups is 1. The number of nitrogens with zero attached hydrogens (tertiary/aromatic N) is 4. The largest absolute Gasteiger partial charge is 0.490 e. The van der Waals surface area contributed by atoms with Gasteiger partial charge in [0, 0.05) is 48.5 Å². The molecule has 2 atom stereocenters. The van der Waals surface area contributed by atoms with E-state index in [1.54, 1.807) is 0 Å². The van der Waals surface area contributed by atoms with Crippen LogP contribution in [0.3, 0.4) is 0 Å². The van der Waals surface area contributed by atoms with E-state index in [-0.39, 0.29) is 12.3 Å². The second kappa shape index (κ2) is 8.90. The van der Waals surface area contributed by atoms with Crippen molar-refractivity contribution in [1.82, 2.24) is 25.5 Å². The van der Waals surface area contributed by atoms with Crippen LogP contribution in [0.2, 0.25) is 5.02 Å². The third-order valence-electron chi connectivity index (χ3n) is 6.33. The van der Waals surface area contributed by atoms with Gasteiger partial charge in [0.1, 0.15) is 12.4 Å². The zero-order valence-corrected chi connectivity index (χ0v) is 18.1. The van der Waals surface area contributed by atoms with Crippen molar-refractivity contribution in [2.45, 2.75) is 44.2 Å². The summed E-state index contributed by atoms with van der Waals surface area (Å²) < 4.78 is 6.20. The Labute approximate surface area is 187 Å². The number of benzene rings is 1. The van der Waals surface area contributed by atoms with Gasteiger partial charge in [-0.25, -0.2) is 0 Å². The zero-order valence-electron chi connectivity index (χ0n) is 17.4. The molecular formula is C22H28ClN7O. The number of pyridine rings is 1. The minimum atomic E-state index is -0.302. The monoisotopic (exact) mass is 441 g/mol. The number of guanidine groups is 1. The molecule has 2 unspecified atom stereocenters. The van der Waals surface area contributed by atoms with Crippen LogP contribution in [0.15, 0.2) is 47.8 Å². The predicted molar refractivity (Wildman–Crippen MR) is 120 cm³/mol. The van der Waals surface area contributed by atoms with E-state index in [0.29, 0.717) is 12.6 Å². The Hall–Kier alpha value is -2.55. The van der Waals surface area contributed by atoms with Crippen LogP contribution in [0.25, 0.3) is 0 Å². The second-order valence-electron chi connectivity index (χ2n) is 8.36. The van der Waals surface area contributed by atoms with E-state index in [1.165, 1.54) is 11.1 Å². The Kier molecular flexibility index (Phi) is 5.85. The van der Waals surface area contributed by atoms with Crippen molar-refractivity contribution >= 4 is 17.6 Å². The van der Waals surface area contributed by atoms with Crippen LogP contribution in [-0.4, -0.2) is 58.8 Å². The molecule has 31 heavy (non-hydrogen) atoms. The lowest BCUT2D eigenvalue weighted by Crippen LogP contribution is -2.54. The number of piperidine rings is 1. The standard InChI is InChI=1S/C22H28ClN7O/c23-17-3-1-15(2-4-17)11-19-14-31-20-12-25-8-5-16(20)13-30(19)18-6-9-29(10-7-18)22-26-21(24)27-28-22/h1-5,8,12,18-19,21,27H,6-7,9-11,13-14,24H2,(H,26,28). The van der Waals surface area contributed by atoms with Crippen molar-refractivity contribution in [3.8, 4) is 5.75 Å². The summed E-state index contributed by atoms with van der Waals surface area (Å²) in [5.74, 6) is 1.74. The van der Waals surface area contributed by atoms with Crippen molar-refractivity contribution < 1.29 is 4.74 Å². The molecule has 8 nitrogen and oxygen atoms in total. The molecule has 1 aromatic heterocycles. The maximum Gasteiger partial charge on any atom is 0.219 e. The number of nitrogens with two attached hydrogens (primary N) is 1. The first-order valence-electron chi connectivity index (χ1n) is 10.8. The van der Waals surface area contributed by atoms with Gasteiger partial charge in [0.15, 0.2) is 6.29 Å². The van der Waals surface area contributed by atoms with E-state index in [1.807, 2.05) is 24.5 Å². The SMILES string of the molecule is NC1NN=C(N2CCC(N3Cc4ccncc4OCC3Cc3ccc(Cl)cc3)CC2)N1. The van der Waals surface area contributed by atoms with Crippen LogP contribution >= 0.6 is 11.6 Å². The number of hydrogen-bond donors (Lipinski definition) is 3. The summed E-state index contributed by atoms with van der Waals surface area (Å²) in [7, 11) is 0. The molecule has 9 heteroatoms. The second-order valence-corrected chi connectivity index (χ2v) is 8.79. The molecule has 3 aliphatic heterocycles. The van der Waals surface area contributed by atoms with E-state index >= 15 is 0 Å². The molecule has 4 N–H and O–H groups in total. The van der Waals surface area contributed by atoms with Crippen LogP contribution in [0.1, 0.15) is 24.0 Å². The molecule has 0 saturated carbocycles. The zero-order chi connectivity index (χ0) is 21.2. The maximum atomic E-state index is 6.20. The van der Waals surface area contributed by atoms with E-state index in [9.17, 15) is 0 Å². The lowest BCUT2D eigenvalue weighted by molar-refractivity contribution is 0.0667. The van der Waals surface area contributed by atoms with E-state index in [4.69, 9.17) is 22.1 Å². The maximum absolute atomic E-state index is 6.20. The molecule has 0 bridgehead atoms. The smallest absolute Gasteiger partial charge is 0.219 e. The molecule has 0 radical (unpaired) electrons. The molecule has 2 aromatic rings. The quantitative estimate of drug-likeness (QED) is 0.667. The summed E-state index contributed by atoms with van der Waals surface area (Å²) >= 11 is 6.09. The number of aromatic nitrogens is 1. The number of rotatable bonds is 3. The Balaban J connectivity index is 1.33. The highest BCUT2D eigenvalue weighted by Crippen LogP contribution is 2.30. The predicted octanol–water partition coefficient (Wildman–Crippen LogP) is 1.71. The van der Waals surface area contributed by atoms with Gasteiger partial charge in [0.05, 0.1) is 6.20 Å². The van der Waals surface area contributed by atoms with Gasteiger partial charge in [-0.05, 0) is 43.0 Å². The molecule has 1 aromatic carbocycles. The summed E-state index contributed by atoms with van der Waals surface area (Å²) in [5, 5.41) is 8.25. The fourth-order valence-electron chi connectivity index (χ4n) is 4.68. The first-order valence-corrected chi connectivity index (χ1v) is 11.2. The highest BCUT2D eigenvalue weighted by atomic mass is 35.5. The molecule has 3 aliphatic rings. The van der Waals surface area contributed by atoms with Crippen molar-refractivity contribution in [3.05, 3.63) is 58.9 Å². The van der Waals surface area contributed by atoms with Crippen LogP contribution in [0.5, 0.6) is 5.75 Å². The highest BCUT2D eigenvalue weighted by molar-refractivity contribution is 6.30. The van der Waals surface area contributed by atoms with Gasteiger partial charge in [0.25, 0.3) is 0 Å². The van der Waals surface area contributed by atoms with Gasteiger partial charge in [-0.2, -0.15) is 0 Å². The normalized spacial score (nSPS) is 24.5. The Morgan fingerprint density at radius 2 is 1.97 bits per heavy atom. The van der Waals surface area contributed by atoms with Gasteiger partial charge >= 0.3 is 0 Å². The molecule has 1 fully saturated rings. The first-order chi connectivity index (χ1) is 15.2. The van der Waals surface area contributed by atoms with Crippen molar-refractivity contribution in [2.75, 3.05) is 19.7 Å². The fraction of sp³-hybridized carbons (Fsp3) is 0.455. The molecule has 4 heterocycles. The first kappa shape index (κ1) is 20.4. The Morgan fingerprint density at radius 1 is 1.16 bits per heavy atom. The van der Waals surface area contributed by atoms with Crippen LogP contribution in [-0.2, 0) is 13.0 Å². The molecule has 1 saturated heterocycles. The van der Waals surface area contributed by atoms with Gasteiger partial charge in [-0.1, -0.05) is 23.7 Å². The molecule has 0 spiro atoms. The average molecular weight is 442 g/mol. The van der Waals surface area contributed by atoms with Gasteiger partial charge in [0.2, 0.25) is 5.96 Å². The van der Waals surface area contributed by atoms with Crippen molar-refractivity contribution in [1.29, 1.82) is 0 Å². The summed E-state index contributed by atoms with van der Waals surface area (Å²) in [6, 6.07) is 11.0. The number of ether oxygens (including phenoxy) is 1. The van der Waals surface area contributed by atoms with Crippen molar-refractivity contribution in [2.24, 2.45) is 10.8 Å². The number of fused-ring (bicyclic) bond motifs is 1. The van der Waals surface area contributed by atoms with Crippen LogP contribution in [0.4, 0.5) is 0 Å². The highest BCUT2D eigenvalue weighted by Gasteiger charge is 2.34. The van der Waals surface area contributed by atoms with Crippen LogP contribution < -0.4 is 21.2 Å². The lowest BCUT2D eigenvalue weighted by Gasteiger charge is -2.41. The van der Waals surface area contributed by atoms with E-state index in [2.05, 4.69) is 48.8 Å². The topological polar surface area (TPSA) is 91.0 Å². The van der Waals surface area contributed by atoms with E-state index < -0.39 is 0 Å². The third-order valence-corrected chi connectivity index (χ3v) is 6.59. The summed E-state index contributed by atoms with van der Waals surface area (Å²) in [6.07, 6.45) is 6.43. The number of hydrogen-bond acceptors (Lipinski definition) is 8. The third kappa shape index (κ3) is 4.56. The summed E-state index contributed by atoms with van der Waals surface area (Å²) in [4.78, 5) is 9.16. The number of halogens is 1. The number of likely N-dealkylation sites (tertiary alicyclic amines) is 1. The molecular weight excluding hydrogens is 414 g/mol. The fourth-order valence-corrected chi connectivity index (χ4v) is 4.80. The summed E-state index contributed by atoms with van der Waals surface area (Å²) in [5.41, 5.74) is 11.2. The molecule has 5 rings (SSSR count). The molecule has 0 amide bonds. The van der Waals surface area contributed by atoms with Crippen LogP contribution in [0, 0.1) is 0 Å². The Morgan fingerprint density at radius 3 is 2.71 bits per heavy atom. The van der Waals surface area contributed by atoms with Gasteiger partial charge < -0.3 is 15.0 Å². The molecule has 0 aliphatic carbocycles. The van der Waals surface area contributed by atoms with Gasteiger partial charge in [-0.15, -0.1) is 5.10 Å². The van der Waals surface area contributed by atoms with Gasteiger partial charge in [-0.3, -0.25) is 21.0 Å². The minimum absolute atomic E-state index is 0.280. The van der Waals surface area contributed by atoms with Crippen molar-refractivity contribution in [3.63, 3.8) is 0 Å². The Bertz CT molecular complexity index is 930. The minimum Gasteiger partial charge on any atom is -0.490 e. The lowest BCUT2D eigenvalue weighted by atomic mass is 9.97. The summed E-state index contributed by atoms with van der Waals surface area (Å²) in [6.45, 7) is 3.40. The average Bonchev–Trinajstić information content (AvgIpc) is 3.15. The van der Waals surface area contributed by atoms with E-state index in [0.717, 1.165) is 55.6 Å². The number of nitrogens with one attached hydrogen (secondary N) is 2. The molecule has 164 valence electrons.